The molecule has 0 bridgehead atoms. The highest BCUT2D eigenvalue weighted by Crippen LogP contribution is 2.46. The van der Waals surface area contributed by atoms with Crippen molar-refractivity contribution in [3.8, 4) is 17.2 Å². The highest BCUT2D eigenvalue weighted by Gasteiger charge is 2.48. The van der Waals surface area contributed by atoms with Crippen molar-refractivity contribution >= 4 is 23.1 Å². The van der Waals surface area contributed by atoms with Gasteiger partial charge in [0, 0.05) is 12.4 Å². The number of hydrogen-bond acceptors (Lipinski definition) is 7. The molecular formula is C25H22N2O6. The maximum Gasteiger partial charge on any atom is 0.300 e. The molecule has 0 saturated carbocycles. The summed E-state index contributed by atoms with van der Waals surface area (Å²) < 4.78 is 16.2. The Kier molecular flexibility index (Phi) is 5.99. The van der Waals surface area contributed by atoms with Gasteiger partial charge in [-0.05, 0) is 35.9 Å². The molecule has 2 aromatic carbocycles. The Morgan fingerprint density at radius 2 is 1.52 bits per heavy atom. The van der Waals surface area contributed by atoms with Crippen LogP contribution >= 0.6 is 0 Å². The SMILES string of the molecule is COc1ccccc1N1C(=O)C(=O)/C(=C(/O)c2c(OC)cccc2OC)C1c1cccnc1. The van der Waals surface area contributed by atoms with E-state index < -0.39 is 23.5 Å². The van der Waals surface area contributed by atoms with Crippen LogP contribution in [-0.2, 0) is 9.59 Å². The fourth-order valence-electron chi connectivity index (χ4n) is 3.98. The summed E-state index contributed by atoms with van der Waals surface area (Å²) in [4.78, 5) is 32.1. The lowest BCUT2D eigenvalue weighted by atomic mass is 9.95. The lowest BCUT2D eigenvalue weighted by Gasteiger charge is -2.26. The molecule has 1 aliphatic rings. The van der Waals surface area contributed by atoms with Gasteiger partial charge >= 0.3 is 0 Å². The molecule has 0 aliphatic carbocycles. The van der Waals surface area contributed by atoms with Crippen molar-refractivity contribution in [2.24, 2.45) is 0 Å². The summed E-state index contributed by atoms with van der Waals surface area (Å²) in [7, 11) is 4.36. The summed E-state index contributed by atoms with van der Waals surface area (Å²) >= 11 is 0. The van der Waals surface area contributed by atoms with E-state index >= 15 is 0 Å². The van der Waals surface area contributed by atoms with Crippen LogP contribution in [-0.4, -0.2) is 43.1 Å². The van der Waals surface area contributed by atoms with Gasteiger partial charge in [0.2, 0.25) is 0 Å². The number of aromatic nitrogens is 1. The molecule has 1 amide bonds. The molecule has 1 atom stereocenters. The molecule has 1 aromatic heterocycles. The average molecular weight is 446 g/mol. The quantitative estimate of drug-likeness (QED) is 0.350. The van der Waals surface area contributed by atoms with Gasteiger partial charge in [0.1, 0.15) is 28.6 Å². The molecular weight excluding hydrogens is 424 g/mol. The molecule has 2 heterocycles. The Morgan fingerprint density at radius 1 is 0.879 bits per heavy atom. The van der Waals surface area contributed by atoms with Crippen LogP contribution in [0.3, 0.4) is 0 Å². The number of methoxy groups -OCH3 is 3. The Balaban J connectivity index is 2.03. The highest BCUT2D eigenvalue weighted by atomic mass is 16.5. The van der Waals surface area contributed by atoms with Gasteiger partial charge in [-0.1, -0.05) is 24.3 Å². The summed E-state index contributed by atoms with van der Waals surface area (Å²) in [6, 6.07) is 14.3. The first-order valence-electron chi connectivity index (χ1n) is 10.1. The third-order valence-electron chi connectivity index (χ3n) is 5.45. The number of hydrogen-bond donors (Lipinski definition) is 1. The lowest BCUT2D eigenvalue weighted by molar-refractivity contribution is -0.132. The van der Waals surface area contributed by atoms with Crippen molar-refractivity contribution in [3.05, 3.63) is 83.7 Å². The number of nitrogens with zero attached hydrogens (tertiary/aromatic N) is 2. The van der Waals surface area contributed by atoms with Crippen LogP contribution in [0.2, 0.25) is 0 Å². The molecule has 33 heavy (non-hydrogen) atoms. The molecule has 8 heteroatoms. The van der Waals surface area contributed by atoms with Gasteiger partial charge in [-0.15, -0.1) is 0 Å². The number of benzene rings is 2. The standard InChI is InChI=1S/C25H22N2O6/c1-31-17-10-5-4-9-16(17)27-22(15-8-7-13-26-14-15)21(24(29)25(27)30)23(28)20-18(32-2)11-6-12-19(20)33-3/h4-14,22,28H,1-3H3/b23-21+. The van der Waals surface area contributed by atoms with Crippen LogP contribution in [0.1, 0.15) is 17.2 Å². The van der Waals surface area contributed by atoms with Crippen molar-refractivity contribution in [1.29, 1.82) is 0 Å². The third kappa shape index (κ3) is 3.65. The number of carbonyl (C=O) groups excluding carboxylic acids is 2. The van der Waals surface area contributed by atoms with Crippen molar-refractivity contribution in [2.75, 3.05) is 26.2 Å². The predicted molar refractivity (Wildman–Crippen MR) is 122 cm³/mol. The molecule has 1 unspecified atom stereocenters. The van der Waals surface area contributed by atoms with Gasteiger partial charge < -0.3 is 19.3 Å². The fraction of sp³-hybridized carbons (Fsp3) is 0.160. The number of ether oxygens (including phenoxy) is 3. The number of anilines is 1. The van der Waals surface area contributed by atoms with E-state index in [1.807, 2.05) is 0 Å². The minimum atomic E-state index is -0.954. The van der Waals surface area contributed by atoms with E-state index in [0.717, 1.165) is 0 Å². The maximum absolute atomic E-state index is 13.3. The molecule has 0 spiro atoms. The summed E-state index contributed by atoms with van der Waals surface area (Å²) in [5, 5.41) is 11.4. The third-order valence-corrected chi connectivity index (χ3v) is 5.45. The normalized spacial score (nSPS) is 17.2. The van der Waals surface area contributed by atoms with Crippen molar-refractivity contribution in [3.63, 3.8) is 0 Å². The number of rotatable bonds is 6. The second kappa shape index (κ2) is 9.04. The van der Waals surface area contributed by atoms with E-state index in [9.17, 15) is 14.7 Å². The first-order valence-corrected chi connectivity index (χ1v) is 10.1. The molecule has 168 valence electrons. The Morgan fingerprint density at radius 3 is 2.12 bits per heavy atom. The number of ketones is 1. The van der Waals surface area contributed by atoms with Crippen molar-refractivity contribution in [2.45, 2.75) is 6.04 Å². The van der Waals surface area contributed by atoms with Crippen LogP contribution < -0.4 is 19.1 Å². The zero-order valence-electron chi connectivity index (χ0n) is 18.3. The zero-order valence-corrected chi connectivity index (χ0v) is 18.3. The second-order valence-electron chi connectivity index (χ2n) is 7.16. The van der Waals surface area contributed by atoms with E-state index in [4.69, 9.17) is 14.2 Å². The highest BCUT2D eigenvalue weighted by molar-refractivity contribution is 6.52. The van der Waals surface area contributed by atoms with Crippen molar-refractivity contribution in [1.82, 2.24) is 4.98 Å². The molecule has 0 radical (unpaired) electrons. The number of para-hydroxylation sites is 2. The van der Waals surface area contributed by atoms with Gasteiger partial charge in [0.05, 0.1) is 38.6 Å². The smallest absolute Gasteiger partial charge is 0.300 e. The van der Waals surface area contributed by atoms with E-state index in [-0.39, 0.29) is 11.1 Å². The van der Waals surface area contributed by atoms with E-state index in [0.29, 0.717) is 28.5 Å². The number of aliphatic hydroxyl groups excluding tert-OH is 1. The summed E-state index contributed by atoms with van der Waals surface area (Å²) in [6.07, 6.45) is 3.13. The van der Waals surface area contributed by atoms with E-state index in [1.165, 1.54) is 26.2 Å². The average Bonchev–Trinajstić information content (AvgIpc) is 3.13. The summed E-state index contributed by atoms with van der Waals surface area (Å²) in [5.41, 5.74) is 0.996. The molecule has 1 N–H and O–H groups in total. The Bertz CT molecular complexity index is 1220. The first-order chi connectivity index (χ1) is 16.0. The van der Waals surface area contributed by atoms with Crippen molar-refractivity contribution < 1.29 is 28.9 Å². The van der Waals surface area contributed by atoms with Gasteiger partial charge in [0.25, 0.3) is 11.7 Å². The fourth-order valence-corrected chi connectivity index (χ4v) is 3.98. The van der Waals surface area contributed by atoms with Gasteiger partial charge in [-0.3, -0.25) is 19.5 Å². The maximum atomic E-state index is 13.3. The number of amides is 1. The van der Waals surface area contributed by atoms with Gasteiger partial charge in [-0.25, -0.2) is 0 Å². The monoisotopic (exact) mass is 446 g/mol. The van der Waals surface area contributed by atoms with Gasteiger partial charge in [0.15, 0.2) is 0 Å². The Labute approximate surface area is 190 Å². The molecule has 3 aromatic rings. The van der Waals surface area contributed by atoms with Crippen LogP contribution in [0.15, 0.2) is 72.6 Å². The molecule has 1 aliphatic heterocycles. The van der Waals surface area contributed by atoms with E-state index in [2.05, 4.69) is 4.98 Å². The van der Waals surface area contributed by atoms with Crippen LogP contribution in [0.25, 0.3) is 5.76 Å². The molecule has 1 saturated heterocycles. The summed E-state index contributed by atoms with van der Waals surface area (Å²) in [6.45, 7) is 0. The summed E-state index contributed by atoms with van der Waals surface area (Å²) in [5.74, 6) is -1.07. The molecule has 4 rings (SSSR count). The minimum Gasteiger partial charge on any atom is -0.506 e. The van der Waals surface area contributed by atoms with Crippen LogP contribution in [0.4, 0.5) is 5.69 Å². The number of pyridine rings is 1. The van der Waals surface area contributed by atoms with E-state index in [1.54, 1.807) is 67.0 Å². The largest absolute Gasteiger partial charge is 0.506 e. The first kappa shape index (κ1) is 21.9. The Hall–Kier alpha value is -4.33. The lowest BCUT2D eigenvalue weighted by Crippen LogP contribution is -2.29. The molecule has 8 nitrogen and oxygen atoms in total. The number of Topliss-reactive ketones (excluding diaryl/α,β-unsaturated/α-hetero) is 1. The minimum absolute atomic E-state index is 0.110. The number of aliphatic hydroxyl groups is 1. The topological polar surface area (TPSA) is 98.2 Å². The van der Waals surface area contributed by atoms with Crippen LogP contribution in [0.5, 0.6) is 17.2 Å². The second-order valence-corrected chi connectivity index (χ2v) is 7.16. The predicted octanol–water partition coefficient (Wildman–Crippen LogP) is 3.73. The number of carbonyl (C=O) groups is 2. The van der Waals surface area contributed by atoms with Crippen LogP contribution in [0, 0.1) is 0 Å². The zero-order chi connectivity index (χ0) is 23.5. The molecule has 1 fully saturated rings. The van der Waals surface area contributed by atoms with Gasteiger partial charge in [-0.2, -0.15) is 0 Å².